The zero-order valence-corrected chi connectivity index (χ0v) is 13.9. The smallest absolute Gasteiger partial charge is 0.269 e. The average molecular weight is 330 g/mol. The van der Waals surface area contributed by atoms with E-state index in [2.05, 4.69) is 5.32 Å². The van der Waals surface area contributed by atoms with E-state index >= 15 is 0 Å². The Morgan fingerprint density at radius 1 is 1.26 bits per heavy atom. The summed E-state index contributed by atoms with van der Waals surface area (Å²) in [7, 11) is 0. The van der Waals surface area contributed by atoms with E-state index in [9.17, 15) is 9.59 Å². The Morgan fingerprint density at radius 2 is 1.96 bits per heavy atom. The summed E-state index contributed by atoms with van der Waals surface area (Å²) in [5, 5.41) is 12.4. The summed E-state index contributed by atoms with van der Waals surface area (Å²) < 4.78 is 1.30. The molecule has 0 spiro atoms. The highest BCUT2D eigenvalue weighted by atomic mass is 35.5. The van der Waals surface area contributed by atoms with E-state index in [0.29, 0.717) is 22.0 Å². The van der Waals surface area contributed by atoms with Crippen LogP contribution in [-0.4, -0.2) is 10.5 Å². The molecule has 6 heteroatoms. The molecule has 23 heavy (non-hydrogen) atoms. The zero-order chi connectivity index (χ0) is 17.1. The van der Waals surface area contributed by atoms with E-state index in [1.807, 2.05) is 13.0 Å². The number of benzene rings is 1. The van der Waals surface area contributed by atoms with Gasteiger partial charge in [-0.05, 0) is 56.2 Å². The molecule has 1 amide bonds. The maximum Gasteiger partial charge on any atom is 0.269 e. The Kier molecular flexibility index (Phi) is 4.87. The second-order valence-corrected chi connectivity index (χ2v) is 5.79. The van der Waals surface area contributed by atoms with E-state index in [1.165, 1.54) is 4.57 Å². The van der Waals surface area contributed by atoms with Crippen molar-refractivity contribution in [3.8, 4) is 6.07 Å². The molecule has 0 aliphatic carbocycles. The van der Waals surface area contributed by atoms with E-state index < -0.39 is 5.56 Å². The van der Waals surface area contributed by atoms with E-state index in [4.69, 9.17) is 16.9 Å². The molecular weight excluding hydrogens is 314 g/mol. The van der Waals surface area contributed by atoms with Gasteiger partial charge in [-0.2, -0.15) is 5.26 Å². The molecule has 2 rings (SSSR count). The molecule has 5 nitrogen and oxygen atoms in total. The lowest BCUT2D eigenvalue weighted by atomic mass is 10.1. The van der Waals surface area contributed by atoms with Gasteiger partial charge in [0.1, 0.15) is 18.2 Å². The minimum absolute atomic E-state index is 0.0612. The lowest BCUT2D eigenvalue weighted by Gasteiger charge is -2.13. The van der Waals surface area contributed by atoms with Crippen LogP contribution in [0.3, 0.4) is 0 Å². The summed E-state index contributed by atoms with van der Waals surface area (Å²) >= 11 is 5.88. The van der Waals surface area contributed by atoms with Crippen molar-refractivity contribution in [1.82, 2.24) is 4.57 Å². The Balaban J connectivity index is 2.28. The minimum Gasteiger partial charge on any atom is -0.324 e. The first kappa shape index (κ1) is 16.8. The van der Waals surface area contributed by atoms with Gasteiger partial charge in [0, 0.05) is 16.4 Å². The van der Waals surface area contributed by atoms with Gasteiger partial charge in [-0.3, -0.25) is 9.59 Å². The van der Waals surface area contributed by atoms with Crippen molar-refractivity contribution < 1.29 is 4.79 Å². The van der Waals surface area contributed by atoms with Gasteiger partial charge in [0.05, 0.1) is 0 Å². The molecule has 1 aromatic heterocycles. The molecule has 0 unspecified atom stereocenters. The van der Waals surface area contributed by atoms with Crippen molar-refractivity contribution in [1.29, 1.82) is 5.26 Å². The molecule has 1 aromatic carbocycles. The summed E-state index contributed by atoms with van der Waals surface area (Å²) in [4.78, 5) is 24.5. The number of rotatable bonds is 3. The summed E-state index contributed by atoms with van der Waals surface area (Å²) in [6, 6.07) is 8.75. The Morgan fingerprint density at radius 3 is 2.57 bits per heavy atom. The third-order valence-electron chi connectivity index (χ3n) is 3.58. The Hall–Kier alpha value is -2.58. The second kappa shape index (κ2) is 6.67. The number of aryl methyl sites for hydroxylation is 3. The molecule has 0 fully saturated rings. The van der Waals surface area contributed by atoms with Crippen molar-refractivity contribution >= 4 is 23.2 Å². The number of nitrogens with one attached hydrogen (secondary N) is 1. The number of nitriles is 1. The summed E-state index contributed by atoms with van der Waals surface area (Å²) in [5.41, 5.74) is 2.32. The van der Waals surface area contributed by atoms with Gasteiger partial charge in [-0.25, -0.2) is 0 Å². The number of halogens is 1. The van der Waals surface area contributed by atoms with Gasteiger partial charge in [-0.1, -0.05) is 11.6 Å². The van der Waals surface area contributed by atoms with Crippen LogP contribution in [0, 0.1) is 32.1 Å². The first-order valence-electron chi connectivity index (χ1n) is 7.00. The molecule has 118 valence electrons. The Labute approximate surface area is 139 Å². The van der Waals surface area contributed by atoms with Gasteiger partial charge in [-0.15, -0.1) is 0 Å². The van der Waals surface area contributed by atoms with Crippen LogP contribution in [0.25, 0.3) is 0 Å². The number of carbonyl (C=O) groups is 1. The highest BCUT2D eigenvalue weighted by molar-refractivity contribution is 6.30. The fourth-order valence-electron chi connectivity index (χ4n) is 2.36. The highest BCUT2D eigenvalue weighted by Gasteiger charge is 2.13. The number of anilines is 1. The first-order chi connectivity index (χ1) is 10.8. The number of amides is 1. The van der Waals surface area contributed by atoms with Crippen LogP contribution in [0.2, 0.25) is 5.02 Å². The molecule has 1 N–H and O–H groups in total. The van der Waals surface area contributed by atoms with Crippen LogP contribution in [0.1, 0.15) is 22.4 Å². The van der Waals surface area contributed by atoms with Crippen molar-refractivity contribution in [3.05, 3.63) is 62.0 Å². The maximum atomic E-state index is 12.3. The zero-order valence-electron chi connectivity index (χ0n) is 13.1. The van der Waals surface area contributed by atoms with Crippen molar-refractivity contribution in [2.75, 3.05) is 5.32 Å². The minimum atomic E-state index is -0.451. The van der Waals surface area contributed by atoms with Crippen LogP contribution >= 0.6 is 11.6 Å². The number of hydrogen-bond donors (Lipinski definition) is 1. The molecule has 0 saturated heterocycles. The molecule has 0 bridgehead atoms. The molecule has 0 atom stereocenters. The summed E-state index contributed by atoms with van der Waals surface area (Å²) in [6.45, 7) is 5.12. The van der Waals surface area contributed by atoms with Crippen LogP contribution in [-0.2, 0) is 11.3 Å². The Bertz CT molecular complexity index is 879. The topological polar surface area (TPSA) is 74.9 Å². The summed E-state index contributed by atoms with van der Waals surface area (Å²) in [6.07, 6.45) is 0. The third-order valence-corrected chi connectivity index (χ3v) is 3.82. The van der Waals surface area contributed by atoms with Crippen LogP contribution in [0.15, 0.2) is 29.1 Å². The van der Waals surface area contributed by atoms with Gasteiger partial charge < -0.3 is 9.88 Å². The lowest BCUT2D eigenvalue weighted by molar-refractivity contribution is -0.116. The fraction of sp³-hybridized carbons (Fsp3) is 0.235. The van der Waals surface area contributed by atoms with Gasteiger partial charge in [0.2, 0.25) is 5.91 Å². The molecule has 0 radical (unpaired) electrons. The molecular formula is C17H16ClN3O2. The van der Waals surface area contributed by atoms with Crippen molar-refractivity contribution in [3.63, 3.8) is 0 Å². The molecule has 0 aliphatic rings. The number of nitrogens with zero attached hydrogens (tertiary/aromatic N) is 2. The number of carbonyl (C=O) groups excluding carboxylic acids is 1. The molecule has 0 saturated carbocycles. The number of pyridine rings is 1. The first-order valence-corrected chi connectivity index (χ1v) is 7.38. The van der Waals surface area contributed by atoms with Gasteiger partial charge >= 0.3 is 0 Å². The number of aromatic nitrogens is 1. The van der Waals surface area contributed by atoms with E-state index in [-0.39, 0.29) is 18.0 Å². The largest absolute Gasteiger partial charge is 0.324 e. The van der Waals surface area contributed by atoms with Crippen molar-refractivity contribution in [2.45, 2.75) is 27.3 Å². The summed E-state index contributed by atoms with van der Waals surface area (Å²) in [5.74, 6) is -0.339. The third kappa shape index (κ3) is 3.61. The van der Waals surface area contributed by atoms with Crippen LogP contribution in [0.5, 0.6) is 0 Å². The predicted molar refractivity (Wildman–Crippen MR) is 89.7 cm³/mol. The van der Waals surface area contributed by atoms with Crippen LogP contribution < -0.4 is 10.9 Å². The van der Waals surface area contributed by atoms with E-state index in [0.717, 1.165) is 5.56 Å². The highest BCUT2D eigenvalue weighted by Crippen LogP contribution is 2.19. The van der Waals surface area contributed by atoms with Gasteiger partial charge in [0.15, 0.2) is 0 Å². The normalized spacial score (nSPS) is 10.2. The lowest BCUT2D eigenvalue weighted by Crippen LogP contribution is -2.31. The quantitative estimate of drug-likeness (QED) is 0.940. The fourth-order valence-corrected chi connectivity index (χ4v) is 2.59. The van der Waals surface area contributed by atoms with Crippen molar-refractivity contribution in [2.24, 2.45) is 0 Å². The maximum absolute atomic E-state index is 12.3. The second-order valence-electron chi connectivity index (χ2n) is 5.35. The SMILES string of the molecule is Cc1cc(Cl)ccc1NC(=O)Cn1c(C)cc(C)c(C#N)c1=O. The predicted octanol–water partition coefficient (Wildman–Crippen LogP) is 2.94. The molecule has 2 aromatic rings. The average Bonchev–Trinajstić information content (AvgIpc) is 2.47. The van der Waals surface area contributed by atoms with Crippen LogP contribution in [0.4, 0.5) is 5.69 Å². The molecule has 1 heterocycles. The standard InChI is InChI=1S/C17H16ClN3O2/c1-10-6-12(3)21(17(23)14(10)8-19)9-16(22)20-15-5-4-13(18)7-11(15)2/h4-7H,9H2,1-3H3,(H,20,22). The van der Waals surface area contributed by atoms with E-state index in [1.54, 1.807) is 38.1 Å². The molecule has 0 aliphatic heterocycles. The van der Waals surface area contributed by atoms with Gasteiger partial charge in [0.25, 0.3) is 5.56 Å². The number of hydrogen-bond acceptors (Lipinski definition) is 3. The monoisotopic (exact) mass is 329 g/mol.